The largest absolute Gasteiger partial charge is 0.352 e. The Bertz CT molecular complexity index is 943. The van der Waals surface area contributed by atoms with Gasteiger partial charge in [0.25, 0.3) is 5.91 Å². The number of hydrogen-bond acceptors (Lipinski definition) is 2. The molecule has 0 bridgehead atoms. The van der Waals surface area contributed by atoms with E-state index in [1.807, 2.05) is 37.3 Å². The molecule has 31 heavy (non-hydrogen) atoms. The van der Waals surface area contributed by atoms with Gasteiger partial charge in [-0.05, 0) is 37.6 Å². The predicted octanol–water partition coefficient (Wildman–Crippen LogP) is 6.46. The molecule has 0 aliphatic heterocycles. The quantitative estimate of drug-likeness (QED) is 0.323. The van der Waals surface area contributed by atoms with Gasteiger partial charge >= 0.3 is 0 Å². The summed E-state index contributed by atoms with van der Waals surface area (Å²) in [6.45, 7) is 5.88. The van der Waals surface area contributed by atoms with Crippen LogP contribution in [0.4, 0.5) is 0 Å². The highest BCUT2D eigenvalue weighted by molar-refractivity contribution is 5.94. The molecular formula is C27H37N3O. The lowest BCUT2D eigenvalue weighted by Crippen LogP contribution is -2.26. The molecule has 3 rings (SSSR count). The highest BCUT2D eigenvalue weighted by Gasteiger charge is 2.11. The van der Waals surface area contributed by atoms with Gasteiger partial charge in [0.2, 0.25) is 0 Å². The molecular weight excluding hydrogens is 382 g/mol. The van der Waals surface area contributed by atoms with Crippen molar-refractivity contribution in [2.45, 2.75) is 78.2 Å². The van der Waals surface area contributed by atoms with Gasteiger partial charge in [-0.3, -0.25) is 4.79 Å². The lowest BCUT2D eigenvalue weighted by Gasteiger charge is -2.10. The molecule has 1 heterocycles. The Kier molecular flexibility index (Phi) is 9.14. The Morgan fingerprint density at radius 2 is 1.58 bits per heavy atom. The number of benzene rings is 2. The number of carbonyl (C=O) groups is 1. The van der Waals surface area contributed by atoms with Gasteiger partial charge in [-0.25, -0.2) is 4.98 Å². The minimum atomic E-state index is -0.0225. The van der Waals surface area contributed by atoms with E-state index in [4.69, 9.17) is 4.98 Å². The van der Waals surface area contributed by atoms with Crippen molar-refractivity contribution in [1.29, 1.82) is 0 Å². The first-order valence-corrected chi connectivity index (χ1v) is 12.0. The Morgan fingerprint density at radius 1 is 0.903 bits per heavy atom. The first kappa shape index (κ1) is 23.1. The number of aryl methyl sites for hydroxylation is 2. The lowest BCUT2D eigenvalue weighted by atomic mass is 10.1. The number of rotatable bonds is 13. The number of hydrogen-bond donors (Lipinski definition) is 1. The molecule has 1 aromatic heterocycles. The summed E-state index contributed by atoms with van der Waals surface area (Å²) in [7, 11) is 0. The molecule has 0 radical (unpaired) electrons. The van der Waals surface area contributed by atoms with Crippen LogP contribution in [-0.2, 0) is 13.0 Å². The molecule has 1 N–H and O–H groups in total. The second kappa shape index (κ2) is 12.3. The molecule has 0 unspecified atom stereocenters. The minimum Gasteiger partial charge on any atom is -0.352 e. The van der Waals surface area contributed by atoms with E-state index in [9.17, 15) is 4.79 Å². The van der Waals surface area contributed by atoms with Crippen molar-refractivity contribution >= 4 is 16.9 Å². The van der Waals surface area contributed by atoms with Crippen molar-refractivity contribution in [1.82, 2.24) is 14.9 Å². The Morgan fingerprint density at radius 3 is 2.32 bits per heavy atom. The van der Waals surface area contributed by atoms with Crippen LogP contribution >= 0.6 is 0 Å². The predicted molar refractivity (Wildman–Crippen MR) is 130 cm³/mol. The van der Waals surface area contributed by atoms with E-state index in [-0.39, 0.29) is 5.91 Å². The molecule has 2 aromatic carbocycles. The molecule has 1 amide bonds. The third-order valence-corrected chi connectivity index (χ3v) is 5.92. The number of unbranched alkanes of at least 4 members (excludes halogenated alkanes) is 7. The van der Waals surface area contributed by atoms with Gasteiger partial charge < -0.3 is 9.88 Å². The third-order valence-electron chi connectivity index (χ3n) is 5.92. The van der Waals surface area contributed by atoms with E-state index < -0.39 is 0 Å². The number of nitrogens with one attached hydrogen (secondary N) is 1. The van der Waals surface area contributed by atoms with Crippen LogP contribution in [0.5, 0.6) is 0 Å². The van der Waals surface area contributed by atoms with Crippen molar-refractivity contribution in [3.8, 4) is 0 Å². The van der Waals surface area contributed by atoms with Crippen LogP contribution in [0.1, 0.15) is 80.0 Å². The van der Waals surface area contributed by atoms with Crippen molar-refractivity contribution in [2.75, 3.05) is 6.54 Å². The van der Waals surface area contributed by atoms with E-state index in [0.717, 1.165) is 29.9 Å². The van der Waals surface area contributed by atoms with Gasteiger partial charge in [-0.2, -0.15) is 0 Å². The van der Waals surface area contributed by atoms with E-state index in [1.54, 1.807) is 0 Å². The molecule has 0 aliphatic carbocycles. The summed E-state index contributed by atoms with van der Waals surface area (Å²) in [4.78, 5) is 17.3. The summed E-state index contributed by atoms with van der Waals surface area (Å²) in [5.74, 6) is 1.04. The summed E-state index contributed by atoms with van der Waals surface area (Å²) in [6, 6.07) is 16.0. The number of para-hydroxylation sites is 2. The monoisotopic (exact) mass is 419 g/mol. The van der Waals surface area contributed by atoms with Crippen LogP contribution in [0, 0.1) is 6.92 Å². The van der Waals surface area contributed by atoms with Crippen LogP contribution in [0.2, 0.25) is 0 Å². The molecule has 0 fully saturated rings. The van der Waals surface area contributed by atoms with E-state index >= 15 is 0 Å². The molecule has 4 nitrogen and oxygen atoms in total. The summed E-state index contributed by atoms with van der Waals surface area (Å²) in [5.41, 5.74) is 4.11. The maximum Gasteiger partial charge on any atom is 0.251 e. The molecule has 0 spiro atoms. The number of imidazole rings is 1. The number of nitrogens with zero attached hydrogens (tertiary/aromatic N) is 2. The molecule has 0 saturated carbocycles. The zero-order valence-corrected chi connectivity index (χ0v) is 19.2. The Balaban J connectivity index is 1.52. The zero-order chi connectivity index (χ0) is 21.9. The maximum absolute atomic E-state index is 12.4. The number of carbonyl (C=O) groups excluding carboxylic acids is 1. The maximum atomic E-state index is 12.4. The molecule has 0 atom stereocenters. The summed E-state index contributed by atoms with van der Waals surface area (Å²) in [6.07, 6.45) is 11.3. The van der Waals surface area contributed by atoms with Gasteiger partial charge in [0, 0.05) is 25.1 Å². The van der Waals surface area contributed by atoms with E-state index in [1.165, 1.54) is 56.9 Å². The smallest absolute Gasteiger partial charge is 0.251 e. The molecule has 0 aliphatic rings. The lowest BCUT2D eigenvalue weighted by molar-refractivity contribution is 0.0954. The molecule has 4 heteroatoms. The zero-order valence-electron chi connectivity index (χ0n) is 19.2. The minimum absolute atomic E-state index is 0.0225. The highest BCUT2D eigenvalue weighted by atomic mass is 16.1. The molecule has 0 saturated heterocycles. The van der Waals surface area contributed by atoms with Gasteiger partial charge in [0.1, 0.15) is 5.82 Å². The van der Waals surface area contributed by atoms with Gasteiger partial charge in [-0.15, -0.1) is 0 Å². The first-order valence-electron chi connectivity index (χ1n) is 12.0. The van der Waals surface area contributed by atoms with Crippen LogP contribution in [-0.4, -0.2) is 22.0 Å². The fourth-order valence-electron chi connectivity index (χ4n) is 4.06. The van der Waals surface area contributed by atoms with Crippen molar-refractivity contribution in [3.05, 3.63) is 65.5 Å². The van der Waals surface area contributed by atoms with E-state index in [2.05, 4.69) is 35.0 Å². The van der Waals surface area contributed by atoms with Crippen molar-refractivity contribution < 1.29 is 4.79 Å². The number of aromatic nitrogens is 2. The summed E-state index contributed by atoms with van der Waals surface area (Å²) in [5, 5.41) is 3.05. The molecule has 3 aromatic rings. The summed E-state index contributed by atoms with van der Waals surface area (Å²) >= 11 is 0. The second-order valence-electron chi connectivity index (χ2n) is 8.52. The van der Waals surface area contributed by atoms with Crippen LogP contribution in [0.15, 0.2) is 48.5 Å². The SMILES string of the molecule is CCCCCCCCCCn1c(CCNC(=O)c2ccc(C)cc2)nc2ccccc21. The van der Waals surface area contributed by atoms with Crippen molar-refractivity contribution in [3.63, 3.8) is 0 Å². The topological polar surface area (TPSA) is 46.9 Å². The average Bonchev–Trinajstić information content (AvgIpc) is 3.13. The fourth-order valence-corrected chi connectivity index (χ4v) is 4.06. The van der Waals surface area contributed by atoms with E-state index in [0.29, 0.717) is 12.1 Å². The second-order valence-corrected chi connectivity index (χ2v) is 8.52. The van der Waals surface area contributed by atoms with Crippen LogP contribution < -0.4 is 5.32 Å². The summed E-state index contributed by atoms with van der Waals surface area (Å²) < 4.78 is 2.35. The Labute approximate surface area is 187 Å². The average molecular weight is 420 g/mol. The number of amides is 1. The van der Waals surface area contributed by atoms with Crippen LogP contribution in [0.25, 0.3) is 11.0 Å². The standard InChI is InChI=1S/C27H37N3O/c1-3-4-5-6-7-8-9-12-21-30-25-14-11-10-13-24(25)29-26(30)19-20-28-27(31)23-17-15-22(2)16-18-23/h10-11,13-18H,3-9,12,19-21H2,1-2H3,(H,28,31). The molecule has 166 valence electrons. The third kappa shape index (κ3) is 6.95. The van der Waals surface area contributed by atoms with Gasteiger partial charge in [0.05, 0.1) is 11.0 Å². The first-order chi connectivity index (χ1) is 15.2. The Hall–Kier alpha value is -2.62. The van der Waals surface area contributed by atoms with Gasteiger partial charge in [-0.1, -0.05) is 81.7 Å². The normalized spacial score (nSPS) is 11.2. The fraction of sp³-hybridized carbons (Fsp3) is 0.481. The van der Waals surface area contributed by atoms with Gasteiger partial charge in [0.15, 0.2) is 0 Å². The van der Waals surface area contributed by atoms with Crippen molar-refractivity contribution in [2.24, 2.45) is 0 Å². The van der Waals surface area contributed by atoms with Crippen LogP contribution in [0.3, 0.4) is 0 Å². The number of fused-ring (bicyclic) bond motifs is 1. The highest BCUT2D eigenvalue weighted by Crippen LogP contribution is 2.18.